The Labute approximate surface area is 179 Å². The number of aryl methyl sites for hydroxylation is 1. The highest BCUT2D eigenvalue weighted by Gasteiger charge is 2.10. The molecule has 11 heteroatoms. The summed E-state index contributed by atoms with van der Waals surface area (Å²) in [6.07, 6.45) is 0.810. The quantitative estimate of drug-likeness (QED) is 0.272. The number of hydrogen-bond donors (Lipinski definition) is 3. The second-order valence-electron chi connectivity index (χ2n) is 5.57. The van der Waals surface area contributed by atoms with Gasteiger partial charge in [-0.2, -0.15) is 8.78 Å². The molecule has 3 N–H and O–H groups in total. The average molecular weight is 510 g/mol. The first-order valence-corrected chi connectivity index (χ1v) is 8.65. The highest BCUT2D eigenvalue weighted by atomic mass is 127. The number of benzene rings is 1. The van der Waals surface area contributed by atoms with Gasteiger partial charge in [-0.15, -0.1) is 34.2 Å². The third-order valence-electron chi connectivity index (χ3n) is 3.71. The predicted molar refractivity (Wildman–Crippen MR) is 112 cm³/mol. The topological polar surface area (TPSA) is 96.6 Å². The second-order valence-corrected chi connectivity index (χ2v) is 5.57. The molecule has 156 valence electrons. The molecule has 1 unspecified atom stereocenters. The monoisotopic (exact) mass is 510 g/mol. The smallest absolute Gasteiger partial charge is 0.387 e. The molecule has 1 heterocycles. The van der Waals surface area contributed by atoms with E-state index in [2.05, 4.69) is 30.6 Å². The van der Waals surface area contributed by atoms with Gasteiger partial charge in [0.05, 0.1) is 6.10 Å². The Morgan fingerprint density at radius 3 is 2.57 bits per heavy atom. The van der Waals surface area contributed by atoms with Crippen molar-refractivity contribution in [1.29, 1.82) is 0 Å². The van der Waals surface area contributed by atoms with Crippen LogP contribution >= 0.6 is 24.0 Å². The number of aliphatic hydroxyl groups excluding tert-OH is 1. The number of ether oxygens (including phenoxy) is 1. The zero-order valence-corrected chi connectivity index (χ0v) is 18.0. The highest BCUT2D eigenvalue weighted by molar-refractivity contribution is 14.0. The van der Waals surface area contributed by atoms with Crippen molar-refractivity contribution in [1.82, 2.24) is 25.4 Å². The molecule has 0 aliphatic heterocycles. The minimum Gasteiger partial charge on any atom is -0.435 e. The number of rotatable bonds is 9. The lowest BCUT2D eigenvalue weighted by Gasteiger charge is -2.16. The van der Waals surface area contributed by atoms with Gasteiger partial charge in [-0.3, -0.25) is 0 Å². The summed E-state index contributed by atoms with van der Waals surface area (Å²) in [7, 11) is 0. The Balaban J connectivity index is 0.00000392. The van der Waals surface area contributed by atoms with E-state index < -0.39 is 12.7 Å². The minimum atomic E-state index is -2.88. The van der Waals surface area contributed by atoms with Gasteiger partial charge in [-0.25, -0.2) is 4.99 Å². The second kappa shape index (κ2) is 12.4. The third-order valence-corrected chi connectivity index (χ3v) is 3.71. The molecular formula is C17H25F2IN6O2. The first-order chi connectivity index (χ1) is 13.0. The fourth-order valence-electron chi connectivity index (χ4n) is 2.34. The number of hydrogen-bond acceptors (Lipinski definition) is 5. The molecule has 0 saturated carbocycles. The van der Waals surface area contributed by atoms with Crippen molar-refractivity contribution in [3.63, 3.8) is 0 Å². The van der Waals surface area contributed by atoms with Crippen molar-refractivity contribution in [2.24, 2.45) is 4.99 Å². The van der Waals surface area contributed by atoms with Crippen molar-refractivity contribution in [2.45, 2.75) is 39.7 Å². The normalized spacial score (nSPS) is 12.4. The van der Waals surface area contributed by atoms with Crippen LogP contribution in [0.5, 0.6) is 5.75 Å². The lowest BCUT2D eigenvalue weighted by atomic mass is 10.1. The van der Waals surface area contributed by atoms with Crippen molar-refractivity contribution < 1.29 is 18.6 Å². The maximum absolute atomic E-state index is 12.2. The molecule has 0 saturated heterocycles. The summed E-state index contributed by atoms with van der Waals surface area (Å²) in [5.41, 5.74) is 0.575. The molecular weight excluding hydrogens is 485 g/mol. The molecule has 0 fully saturated rings. The van der Waals surface area contributed by atoms with Crippen molar-refractivity contribution in [2.75, 3.05) is 13.1 Å². The van der Waals surface area contributed by atoms with Crippen molar-refractivity contribution in [3.8, 4) is 5.75 Å². The van der Waals surface area contributed by atoms with Crippen LogP contribution in [0.2, 0.25) is 0 Å². The SMILES string of the molecule is CCNC(=NCc1nncn1CC)NCC(O)c1ccc(OC(F)F)cc1.I. The van der Waals surface area contributed by atoms with E-state index in [0.717, 1.165) is 12.4 Å². The molecule has 0 radical (unpaired) electrons. The van der Waals surface area contributed by atoms with Crippen LogP contribution in [0.3, 0.4) is 0 Å². The Bertz CT molecular complexity index is 727. The molecule has 1 atom stereocenters. The fraction of sp³-hybridized carbons (Fsp3) is 0.471. The van der Waals surface area contributed by atoms with Gasteiger partial charge in [0.1, 0.15) is 18.6 Å². The van der Waals surface area contributed by atoms with Crippen LogP contribution in [0.1, 0.15) is 31.3 Å². The van der Waals surface area contributed by atoms with Crippen LogP contribution in [0.25, 0.3) is 0 Å². The summed E-state index contributed by atoms with van der Waals surface area (Å²) in [4.78, 5) is 4.43. The lowest BCUT2D eigenvalue weighted by Crippen LogP contribution is -2.39. The predicted octanol–water partition coefficient (Wildman–Crippen LogP) is 2.31. The number of nitrogens with one attached hydrogen (secondary N) is 2. The van der Waals surface area contributed by atoms with E-state index >= 15 is 0 Å². The number of aliphatic hydroxyl groups is 1. The molecule has 2 rings (SSSR count). The first-order valence-electron chi connectivity index (χ1n) is 8.65. The van der Waals surface area contributed by atoms with E-state index in [1.807, 2.05) is 18.4 Å². The largest absolute Gasteiger partial charge is 0.435 e. The molecule has 28 heavy (non-hydrogen) atoms. The molecule has 1 aromatic heterocycles. The zero-order chi connectivity index (χ0) is 19.6. The summed E-state index contributed by atoms with van der Waals surface area (Å²) in [5, 5.41) is 24.3. The van der Waals surface area contributed by atoms with Gasteiger partial charge >= 0.3 is 6.61 Å². The molecule has 2 aromatic rings. The van der Waals surface area contributed by atoms with E-state index in [1.54, 1.807) is 6.33 Å². The summed E-state index contributed by atoms with van der Waals surface area (Å²) in [6.45, 7) is 3.01. The van der Waals surface area contributed by atoms with E-state index in [1.165, 1.54) is 24.3 Å². The lowest BCUT2D eigenvalue weighted by molar-refractivity contribution is -0.0498. The maximum Gasteiger partial charge on any atom is 0.387 e. The van der Waals surface area contributed by atoms with Crippen LogP contribution in [-0.2, 0) is 13.1 Å². The molecule has 0 spiro atoms. The van der Waals surface area contributed by atoms with Crippen molar-refractivity contribution in [3.05, 3.63) is 42.0 Å². The first kappa shape index (κ1) is 24.0. The zero-order valence-electron chi connectivity index (χ0n) is 15.7. The number of aromatic nitrogens is 3. The van der Waals surface area contributed by atoms with Crippen LogP contribution in [-0.4, -0.2) is 45.5 Å². The number of halogens is 3. The molecule has 8 nitrogen and oxygen atoms in total. The molecule has 0 aliphatic rings. The van der Waals surface area contributed by atoms with Gasteiger partial charge in [-0.1, -0.05) is 12.1 Å². The van der Waals surface area contributed by atoms with E-state index in [-0.39, 0.29) is 36.3 Å². The number of aliphatic imine (C=N–C) groups is 1. The summed E-state index contributed by atoms with van der Waals surface area (Å²) < 4.78 is 30.5. The Morgan fingerprint density at radius 2 is 1.96 bits per heavy atom. The van der Waals surface area contributed by atoms with Gasteiger partial charge in [0.2, 0.25) is 0 Å². The van der Waals surface area contributed by atoms with Crippen LogP contribution in [0.4, 0.5) is 8.78 Å². The van der Waals surface area contributed by atoms with Crippen LogP contribution in [0, 0.1) is 0 Å². The standard InChI is InChI=1S/C17H24F2N6O2.HI/c1-3-20-17(22-10-15-24-23-11-25(15)4-2)21-9-14(26)12-5-7-13(8-6-12)27-16(18)19;/h5-8,11,14,16,26H,3-4,9-10H2,1-2H3,(H2,20,21,22);1H. The maximum atomic E-state index is 12.2. The Morgan fingerprint density at radius 1 is 1.25 bits per heavy atom. The molecule has 0 bridgehead atoms. The third kappa shape index (κ3) is 7.54. The highest BCUT2D eigenvalue weighted by Crippen LogP contribution is 2.18. The average Bonchev–Trinajstić information content (AvgIpc) is 3.11. The summed E-state index contributed by atoms with van der Waals surface area (Å²) in [6, 6.07) is 5.86. The van der Waals surface area contributed by atoms with Gasteiger partial charge in [0, 0.05) is 19.6 Å². The number of nitrogens with zero attached hydrogens (tertiary/aromatic N) is 4. The van der Waals surface area contributed by atoms with Crippen LogP contribution < -0.4 is 15.4 Å². The number of alkyl halides is 2. The molecule has 1 aromatic carbocycles. The molecule has 0 amide bonds. The molecule has 0 aliphatic carbocycles. The minimum absolute atomic E-state index is 0. The van der Waals surface area contributed by atoms with Gasteiger partial charge in [0.15, 0.2) is 11.8 Å². The van der Waals surface area contributed by atoms with Gasteiger partial charge < -0.3 is 25.0 Å². The van der Waals surface area contributed by atoms with Crippen molar-refractivity contribution >= 4 is 29.9 Å². The Kier molecular flexibility index (Phi) is 10.7. The summed E-state index contributed by atoms with van der Waals surface area (Å²) in [5.74, 6) is 1.31. The summed E-state index contributed by atoms with van der Waals surface area (Å²) >= 11 is 0. The van der Waals surface area contributed by atoms with E-state index in [9.17, 15) is 13.9 Å². The fourth-order valence-corrected chi connectivity index (χ4v) is 2.34. The van der Waals surface area contributed by atoms with Gasteiger partial charge in [-0.05, 0) is 31.5 Å². The van der Waals surface area contributed by atoms with E-state index in [4.69, 9.17) is 0 Å². The van der Waals surface area contributed by atoms with Crippen LogP contribution in [0.15, 0.2) is 35.6 Å². The Hall–Kier alpha value is -2.02. The van der Waals surface area contributed by atoms with E-state index in [0.29, 0.717) is 24.6 Å². The van der Waals surface area contributed by atoms with Gasteiger partial charge in [0.25, 0.3) is 0 Å². The number of guanidine groups is 1.